The van der Waals surface area contributed by atoms with Gasteiger partial charge >= 0.3 is 0 Å². The van der Waals surface area contributed by atoms with Gasteiger partial charge in [-0.1, -0.05) is 18.2 Å². The number of benzene rings is 2. The maximum atomic E-state index is 13.4. The maximum absolute atomic E-state index is 13.4. The van der Waals surface area contributed by atoms with E-state index in [0.717, 1.165) is 5.56 Å². The van der Waals surface area contributed by atoms with Crippen LogP contribution in [-0.2, 0) is 14.4 Å². The standard InChI is InChI=1S/C24H23N5O5S/c1-15-5-3-4-6-20(15)28-23(32)19(22(31)25-24(28)35)14-17-13-18(29(33)34)7-8-21(17)27-11-9-26(10-12-27)16(2)30/h3-8,13-14H,9-12H2,1-2H3,(H,25,31,35)/b19-14-. The number of rotatable bonds is 4. The number of anilines is 2. The number of piperazine rings is 1. The molecule has 35 heavy (non-hydrogen) atoms. The number of thiocarbonyl (C=S) groups is 1. The predicted molar refractivity (Wildman–Crippen MR) is 135 cm³/mol. The molecule has 0 saturated carbocycles. The van der Waals surface area contributed by atoms with Crippen molar-refractivity contribution < 1.29 is 19.3 Å². The number of non-ortho nitro benzene ring substituents is 1. The van der Waals surface area contributed by atoms with E-state index < -0.39 is 16.7 Å². The van der Waals surface area contributed by atoms with Crippen molar-refractivity contribution in [1.82, 2.24) is 10.2 Å². The van der Waals surface area contributed by atoms with Crippen molar-refractivity contribution >= 4 is 58.2 Å². The molecule has 0 atom stereocenters. The Morgan fingerprint density at radius 3 is 2.40 bits per heavy atom. The summed E-state index contributed by atoms with van der Waals surface area (Å²) in [6.07, 6.45) is 1.37. The minimum atomic E-state index is -0.677. The second-order valence-corrected chi connectivity index (χ2v) is 8.62. The molecule has 2 aliphatic rings. The van der Waals surface area contributed by atoms with Crippen molar-refractivity contribution in [3.8, 4) is 0 Å². The molecule has 2 aliphatic heterocycles. The molecule has 1 N–H and O–H groups in total. The van der Waals surface area contributed by atoms with Crippen LogP contribution in [-0.4, -0.2) is 58.8 Å². The van der Waals surface area contributed by atoms with Gasteiger partial charge in [-0.25, -0.2) is 0 Å². The Balaban J connectivity index is 1.76. The SMILES string of the molecule is CC(=O)N1CCN(c2ccc([N+](=O)[O-])cc2/C=C2/C(=O)NC(=S)N(c3ccccc3C)C2=O)CC1. The van der Waals surface area contributed by atoms with Crippen LogP contribution in [0.1, 0.15) is 18.1 Å². The Labute approximate surface area is 206 Å². The van der Waals surface area contributed by atoms with Gasteiger partial charge in [-0.15, -0.1) is 0 Å². The predicted octanol–water partition coefficient (Wildman–Crippen LogP) is 2.40. The molecule has 0 unspecified atom stereocenters. The Kier molecular flexibility index (Phi) is 6.61. The molecular weight excluding hydrogens is 470 g/mol. The Bertz CT molecular complexity index is 1280. The molecule has 0 bridgehead atoms. The van der Waals surface area contributed by atoms with Crippen LogP contribution in [0.5, 0.6) is 0 Å². The number of amides is 3. The van der Waals surface area contributed by atoms with Gasteiger partial charge in [0.2, 0.25) is 5.91 Å². The monoisotopic (exact) mass is 493 g/mol. The molecule has 0 aliphatic carbocycles. The van der Waals surface area contributed by atoms with Crippen LogP contribution in [0.2, 0.25) is 0 Å². The average molecular weight is 494 g/mol. The van der Waals surface area contributed by atoms with Crippen molar-refractivity contribution in [2.24, 2.45) is 0 Å². The summed E-state index contributed by atoms with van der Waals surface area (Å²) in [5.74, 6) is -1.32. The van der Waals surface area contributed by atoms with E-state index in [1.165, 1.54) is 30.0 Å². The number of hydrogen-bond acceptors (Lipinski definition) is 7. The smallest absolute Gasteiger partial charge is 0.270 e. The number of carbonyl (C=O) groups excluding carboxylic acids is 3. The number of nitro groups is 1. The highest BCUT2D eigenvalue weighted by atomic mass is 32.1. The summed E-state index contributed by atoms with van der Waals surface area (Å²) in [5, 5.41) is 14.0. The molecule has 2 aromatic carbocycles. The third-order valence-electron chi connectivity index (χ3n) is 6.05. The number of carbonyl (C=O) groups is 3. The van der Waals surface area contributed by atoms with E-state index in [2.05, 4.69) is 5.32 Å². The van der Waals surface area contributed by atoms with Crippen LogP contribution in [0, 0.1) is 17.0 Å². The Hall–Kier alpha value is -4.12. The molecule has 4 rings (SSSR count). The van der Waals surface area contributed by atoms with Gasteiger partial charge in [-0.05, 0) is 42.9 Å². The largest absolute Gasteiger partial charge is 0.367 e. The van der Waals surface area contributed by atoms with Crippen molar-refractivity contribution in [2.45, 2.75) is 13.8 Å². The topological polar surface area (TPSA) is 116 Å². The lowest BCUT2D eigenvalue weighted by Gasteiger charge is -2.36. The van der Waals surface area contributed by atoms with E-state index in [1.54, 1.807) is 23.1 Å². The lowest BCUT2D eigenvalue weighted by molar-refractivity contribution is -0.384. The zero-order chi connectivity index (χ0) is 25.3. The molecule has 2 saturated heterocycles. The first-order chi connectivity index (χ1) is 16.7. The number of nitrogens with one attached hydrogen (secondary N) is 1. The van der Waals surface area contributed by atoms with Gasteiger partial charge in [0, 0.05) is 56.5 Å². The van der Waals surface area contributed by atoms with Gasteiger partial charge < -0.3 is 9.80 Å². The molecule has 0 radical (unpaired) electrons. The fraction of sp³-hybridized carbons (Fsp3) is 0.250. The Morgan fingerprint density at radius 2 is 1.77 bits per heavy atom. The summed E-state index contributed by atoms with van der Waals surface area (Å²) < 4.78 is 0. The third kappa shape index (κ3) is 4.76. The molecule has 10 nitrogen and oxygen atoms in total. The fourth-order valence-electron chi connectivity index (χ4n) is 4.17. The van der Waals surface area contributed by atoms with Gasteiger partial charge in [0.25, 0.3) is 17.5 Å². The van der Waals surface area contributed by atoms with Gasteiger partial charge in [-0.3, -0.25) is 34.7 Å². The molecule has 2 heterocycles. The van der Waals surface area contributed by atoms with Gasteiger partial charge in [0.15, 0.2) is 5.11 Å². The summed E-state index contributed by atoms with van der Waals surface area (Å²) in [7, 11) is 0. The van der Waals surface area contributed by atoms with Crippen LogP contribution in [0.25, 0.3) is 6.08 Å². The van der Waals surface area contributed by atoms with E-state index in [1.807, 2.05) is 24.0 Å². The lowest BCUT2D eigenvalue weighted by atomic mass is 10.0. The molecule has 2 aromatic rings. The number of para-hydroxylation sites is 1. The van der Waals surface area contributed by atoms with Crippen molar-refractivity contribution in [3.63, 3.8) is 0 Å². The molecule has 0 aromatic heterocycles. The third-order valence-corrected chi connectivity index (χ3v) is 6.33. The van der Waals surface area contributed by atoms with E-state index in [9.17, 15) is 24.5 Å². The van der Waals surface area contributed by atoms with E-state index in [0.29, 0.717) is 43.1 Å². The molecule has 2 fully saturated rings. The van der Waals surface area contributed by atoms with Gasteiger partial charge in [0.1, 0.15) is 5.57 Å². The highest BCUT2D eigenvalue weighted by Gasteiger charge is 2.35. The summed E-state index contributed by atoms with van der Waals surface area (Å²) >= 11 is 5.27. The molecular formula is C24H23N5O5S. The van der Waals surface area contributed by atoms with Gasteiger partial charge in [-0.2, -0.15) is 0 Å². The second-order valence-electron chi connectivity index (χ2n) is 8.24. The maximum Gasteiger partial charge on any atom is 0.270 e. The van der Waals surface area contributed by atoms with Crippen molar-refractivity contribution in [2.75, 3.05) is 36.0 Å². The normalized spacial score (nSPS) is 17.6. The number of nitrogens with zero attached hydrogens (tertiary/aromatic N) is 4. The summed E-state index contributed by atoms with van der Waals surface area (Å²) in [4.78, 5) is 53.8. The van der Waals surface area contributed by atoms with E-state index in [-0.39, 0.29) is 22.3 Å². The first-order valence-electron chi connectivity index (χ1n) is 10.9. The molecule has 11 heteroatoms. The van der Waals surface area contributed by atoms with Crippen LogP contribution < -0.4 is 15.1 Å². The molecule has 180 valence electrons. The quantitative estimate of drug-likeness (QED) is 0.229. The summed E-state index contributed by atoms with van der Waals surface area (Å²) in [5.41, 5.74) is 1.95. The van der Waals surface area contributed by atoms with Crippen LogP contribution in [0.15, 0.2) is 48.0 Å². The summed E-state index contributed by atoms with van der Waals surface area (Å²) in [6, 6.07) is 11.5. The van der Waals surface area contributed by atoms with E-state index >= 15 is 0 Å². The zero-order valence-corrected chi connectivity index (χ0v) is 20.0. The van der Waals surface area contributed by atoms with Gasteiger partial charge in [0.05, 0.1) is 10.6 Å². The molecule has 0 spiro atoms. The Morgan fingerprint density at radius 1 is 1.09 bits per heavy atom. The minimum absolute atomic E-state index is 0.0209. The number of aryl methyl sites for hydroxylation is 1. The van der Waals surface area contributed by atoms with Crippen molar-refractivity contribution in [3.05, 3.63) is 69.3 Å². The number of hydrogen-bond donors (Lipinski definition) is 1. The first-order valence-corrected chi connectivity index (χ1v) is 11.3. The first kappa shape index (κ1) is 24.0. The van der Waals surface area contributed by atoms with Crippen LogP contribution in [0.4, 0.5) is 17.1 Å². The van der Waals surface area contributed by atoms with Crippen molar-refractivity contribution in [1.29, 1.82) is 0 Å². The number of nitro benzene ring substituents is 1. The zero-order valence-electron chi connectivity index (χ0n) is 19.2. The van der Waals surface area contributed by atoms with Crippen LogP contribution in [0.3, 0.4) is 0 Å². The second kappa shape index (κ2) is 9.63. The van der Waals surface area contributed by atoms with Crippen LogP contribution >= 0.6 is 12.2 Å². The fourth-order valence-corrected chi connectivity index (χ4v) is 4.44. The summed E-state index contributed by atoms with van der Waals surface area (Å²) in [6.45, 7) is 5.34. The highest BCUT2D eigenvalue weighted by Crippen LogP contribution is 2.31. The highest BCUT2D eigenvalue weighted by molar-refractivity contribution is 7.80. The average Bonchev–Trinajstić information content (AvgIpc) is 2.82. The van der Waals surface area contributed by atoms with E-state index in [4.69, 9.17) is 12.2 Å². The lowest BCUT2D eigenvalue weighted by Crippen LogP contribution is -2.54. The molecule has 3 amide bonds. The minimum Gasteiger partial charge on any atom is -0.367 e.